The highest BCUT2D eigenvalue weighted by Crippen LogP contribution is 2.43. The molecule has 0 N–H and O–H groups in total. The summed E-state index contributed by atoms with van der Waals surface area (Å²) in [5.74, 6) is -0.0552. The Morgan fingerprint density at radius 2 is 1.92 bits per heavy atom. The first-order valence-corrected chi connectivity index (χ1v) is 12.2. The van der Waals surface area contributed by atoms with Crippen LogP contribution in [0.15, 0.2) is 42.5 Å². The third kappa shape index (κ3) is 6.55. The molecule has 2 fully saturated rings. The molecule has 4 rings (SSSR count). The Morgan fingerprint density at radius 1 is 1.21 bits per heavy atom. The van der Waals surface area contributed by atoms with E-state index in [0.29, 0.717) is 41.7 Å². The maximum absolute atomic E-state index is 14.4. The van der Waals surface area contributed by atoms with Gasteiger partial charge in [0, 0.05) is 19.0 Å². The summed E-state index contributed by atoms with van der Waals surface area (Å²) in [6.45, 7) is -0.376. The number of nitriles is 1. The van der Waals surface area contributed by atoms with Crippen molar-refractivity contribution in [2.45, 2.75) is 49.7 Å². The van der Waals surface area contributed by atoms with Crippen molar-refractivity contribution in [3.8, 4) is 11.8 Å². The van der Waals surface area contributed by atoms with E-state index in [-0.39, 0.29) is 32.2 Å². The van der Waals surface area contributed by atoms with E-state index in [9.17, 15) is 22.4 Å². The Kier molecular flexibility index (Phi) is 8.43. The van der Waals surface area contributed by atoms with Crippen LogP contribution in [0.4, 0.5) is 22.4 Å². The van der Waals surface area contributed by atoms with E-state index in [1.165, 1.54) is 30.2 Å². The first-order valence-electron chi connectivity index (χ1n) is 12.2. The maximum atomic E-state index is 14.4. The highest BCUT2D eigenvalue weighted by Gasteiger charge is 2.47. The predicted octanol–water partition coefficient (Wildman–Crippen LogP) is 5.33. The molecule has 2 unspecified atom stereocenters. The molecule has 0 saturated carbocycles. The van der Waals surface area contributed by atoms with Gasteiger partial charge in [-0.25, -0.2) is 9.18 Å². The topological polar surface area (TPSA) is 81.0 Å². The third-order valence-electron chi connectivity index (χ3n) is 7.01. The van der Waals surface area contributed by atoms with Crippen molar-refractivity contribution in [2.75, 3.05) is 33.4 Å². The Balaban J connectivity index is 1.29. The Labute approximate surface area is 217 Å². The second kappa shape index (κ2) is 11.6. The lowest BCUT2D eigenvalue weighted by Crippen LogP contribution is -2.49. The first-order chi connectivity index (χ1) is 18.1. The van der Waals surface area contributed by atoms with Crippen LogP contribution >= 0.6 is 0 Å². The van der Waals surface area contributed by atoms with Crippen LogP contribution in [-0.2, 0) is 20.8 Å². The fourth-order valence-electron chi connectivity index (χ4n) is 4.81. The van der Waals surface area contributed by atoms with E-state index in [1.807, 2.05) is 6.07 Å². The van der Waals surface area contributed by atoms with Crippen LogP contribution in [0, 0.1) is 17.1 Å². The molecule has 204 valence electrons. The van der Waals surface area contributed by atoms with Gasteiger partial charge < -0.3 is 23.8 Å². The number of benzene rings is 2. The predicted molar refractivity (Wildman–Crippen MR) is 127 cm³/mol. The Bertz CT molecular complexity index is 1160. The summed E-state index contributed by atoms with van der Waals surface area (Å²) in [4.78, 5) is 13.8. The maximum Gasteiger partial charge on any atom is 0.427 e. The number of halogens is 4. The molecular weight excluding hydrogens is 508 g/mol. The lowest BCUT2D eigenvalue weighted by molar-refractivity contribution is -0.220. The van der Waals surface area contributed by atoms with E-state index in [0.717, 1.165) is 0 Å². The molecule has 2 aliphatic heterocycles. The molecule has 0 aliphatic carbocycles. The van der Waals surface area contributed by atoms with Gasteiger partial charge >= 0.3 is 12.3 Å². The van der Waals surface area contributed by atoms with Gasteiger partial charge in [-0.3, -0.25) is 0 Å². The van der Waals surface area contributed by atoms with Crippen LogP contribution in [0.5, 0.6) is 5.75 Å². The number of carbonyl (C=O) groups excluding carboxylic acids is 1. The molecule has 0 radical (unpaired) electrons. The molecule has 2 aliphatic rings. The number of hydrogen-bond donors (Lipinski definition) is 0. The number of ether oxygens (including phenoxy) is 4. The van der Waals surface area contributed by atoms with Gasteiger partial charge in [-0.15, -0.1) is 0 Å². The zero-order chi connectivity index (χ0) is 27.3. The van der Waals surface area contributed by atoms with E-state index < -0.39 is 36.4 Å². The minimum Gasteiger partial charge on any atom is -0.497 e. The zero-order valence-corrected chi connectivity index (χ0v) is 20.8. The Hall–Kier alpha value is -3.36. The number of piperidine rings is 1. The molecule has 2 aromatic rings. The van der Waals surface area contributed by atoms with Crippen LogP contribution in [0.2, 0.25) is 0 Å². The van der Waals surface area contributed by atoms with Crippen molar-refractivity contribution in [3.05, 3.63) is 65.0 Å². The van der Waals surface area contributed by atoms with Gasteiger partial charge in [-0.1, -0.05) is 12.1 Å². The molecule has 0 bridgehead atoms. The van der Waals surface area contributed by atoms with Gasteiger partial charge in [0.1, 0.15) is 11.6 Å². The smallest absolute Gasteiger partial charge is 0.427 e. The van der Waals surface area contributed by atoms with Crippen molar-refractivity contribution < 1.29 is 41.3 Å². The van der Waals surface area contributed by atoms with Crippen molar-refractivity contribution >= 4 is 6.09 Å². The summed E-state index contributed by atoms with van der Waals surface area (Å²) in [7, 11) is 1.51. The number of amides is 1. The van der Waals surface area contributed by atoms with E-state index in [4.69, 9.17) is 24.2 Å². The largest absolute Gasteiger partial charge is 0.497 e. The van der Waals surface area contributed by atoms with Crippen LogP contribution in [0.3, 0.4) is 0 Å². The van der Waals surface area contributed by atoms with Crippen LogP contribution in [0.1, 0.15) is 41.9 Å². The number of alkyl halides is 3. The summed E-state index contributed by atoms with van der Waals surface area (Å²) in [5, 5.41) is 9.11. The van der Waals surface area contributed by atoms with Crippen molar-refractivity contribution in [1.29, 1.82) is 5.26 Å². The van der Waals surface area contributed by atoms with Gasteiger partial charge in [0.25, 0.3) is 0 Å². The highest BCUT2D eigenvalue weighted by atomic mass is 19.4. The summed E-state index contributed by atoms with van der Waals surface area (Å²) in [6.07, 6.45) is -7.03. The van der Waals surface area contributed by atoms with E-state index >= 15 is 0 Å². The first kappa shape index (κ1) is 27.7. The quantitative estimate of drug-likeness (QED) is 0.445. The molecule has 2 atom stereocenters. The molecule has 11 heteroatoms. The molecule has 2 heterocycles. The number of hydrogen-bond acceptors (Lipinski definition) is 6. The number of methoxy groups -OCH3 is 1. The fraction of sp³-hybridized carbons (Fsp3) is 0.481. The molecule has 2 aromatic carbocycles. The number of rotatable bonds is 7. The SMILES string of the molecule is COc1ccc(COCC(OC(=O)N2CCC3(CC2)CC(c2cc(C#N)ccc2F)CO3)C(F)(F)F)cc1. The van der Waals surface area contributed by atoms with Gasteiger partial charge in [0.2, 0.25) is 6.10 Å². The van der Waals surface area contributed by atoms with Crippen molar-refractivity contribution in [1.82, 2.24) is 4.90 Å². The van der Waals surface area contributed by atoms with E-state index in [2.05, 4.69) is 0 Å². The van der Waals surface area contributed by atoms with Crippen LogP contribution in [0.25, 0.3) is 0 Å². The standard InChI is InChI=1S/C27H28F4N2O5/c1-35-21-5-2-18(3-6-21)15-36-17-24(27(29,30)31)38-25(34)33-10-8-26(9-11-33)13-20(16-37-26)22-12-19(14-32)4-7-23(22)28/h2-7,12,20,24H,8-11,13,15-17H2,1H3. The van der Waals surface area contributed by atoms with Gasteiger partial charge in [-0.05, 0) is 60.7 Å². The lowest BCUT2D eigenvalue weighted by Gasteiger charge is -2.38. The molecule has 7 nitrogen and oxygen atoms in total. The van der Waals surface area contributed by atoms with Crippen LogP contribution < -0.4 is 4.74 Å². The molecule has 0 aromatic heterocycles. The van der Waals surface area contributed by atoms with E-state index in [1.54, 1.807) is 24.3 Å². The summed E-state index contributed by atoms with van der Waals surface area (Å²) in [5.41, 5.74) is 0.799. The average Bonchev–Trinajstić information content (AvgIpc) is 3.31. The van der Waals surface area contributed by atoms with Crippen molar-refractivity contribution in [3.63, 3.8) is 0 Å². The number of likely N-dealkylation sites (tertiary alicyclic amines) is 1. The minimum absolute atomic E-state index is 0.0866. The van der Waals surface area contributed by atoms with Gasteiger partial charge in [0.15, 0.2) is 0 Å². The zero-order valence-electron chi connectivity index (χ0n) is 20.8. The monoisotopic (exact) mass is 536 g/mol. The second-order valence-corrected chi connectivity index (χ2v) is 9.51. The number of carbonyl (C=O) groups is 1. The molecule has 2 saturated heterocycles. The molecule has 1 amide bonds. The summed E-state index contributed by atoms with van der Waals surface area (Å²) < 4.78 is 76.1. The second-order valence-electron chi connectivity index (χ2n) is 9.51. The lowest BCUT2D eigenvalue weighted by atomic mass is 9.83. The summed E-state index contributed by atoms with van der Waals surface area (Å²) in [6, 6.07) is 12.9. The third-order valence-corrected chi connectivity index (χ3v) is 7.01. The highest BCUT2D eigenvalue weighted by molar-refractivity contribution is 5.68. The normalized spacial score (nSPS) is 19.7. The molecule has 38 heavy (non-hydrogen) atoms. The minimum atomic E-state index is -4.80. The number of nitrogens with zero attached hydrogens (tertiary/aromatic N) is 2. The average molecular weight is 537 g/mol. The van der Waals surface area contributed by atoms with Crippen LogP contribution in [-0.4, -0.2) is 62.3 Å². The van der Waals surface area contributed by atoms with Gasteiger partial charge in [0.05, 0.1) is 44.2 Å². The van der Waals surface area contributed by atoms with Crippen molar-refractivity contribution in [2.24, 2.45) is 0 Å². The Morgan fingerprint density at radius 3 is 2.55 bits per heavy atom. The molecular formula is C27H28F4N2O5. The fourth-order valence-corrected chi connectivity index (χ4v) is 4.81. The summed E-state index contributed by atoms with van der Waals surface area (Å²) >= 11 is 0. The van der Waals surface area contributed by atoms with Gasteiger partial charge in [-0.2, -0.15) is 18.4 Å². The molecule has 1 spiro atoms.